The van der Waals surface area contributed by atoms with Crippen LogP contribution in [0, 0.1) is 0 Å². The Morgan fingerprint density at radius 2 is 1.92 bits per heavy atom. The number of phenols is 1. The average molecular weight is 337 g/mol. The highest BCUT2D eigenvalue weighted by molar-refractivity contribution is 5.96. The molecule has 1 N–H and O–H groups in total. The molecule has 2 aromatic rings. The second kappa shape index (κ2) is 7.63. The molecule has 2 rings (SSSR count). The van der Waals surface area contributed by atoms with Gasteiger partial charge in [0.1, 0.15) is 5.75 Å². The lowest BCUT2D eigenvalue weighted by molar-refractivity contribution is -0.0512. The third kappa shape index (κ3) is 4.13. The van der Waals surface area contributed by atoms with Gasteiger partial charge in [-0.3, -0.25) is 4.79 Å². The van der Waals surface area contributed by atoms with Gasteiger partial charge < -0.3 is 19.5 Å². The van der Waals surface area contributed by atoms with E-state index in [9.17, 15) is 18.7 Å². The van der Waals surface area contributed by atoms with Crippen molar-refractivity contribution in [3.8, 4) is 17.2 Å². The summed E-state index contributed by atoms with van der Waals surface area (Å²) in [6.07, 6.45) is 0. The largest absolute Gasteiger partial charge is 0.507 e. The van der Waals surface area contributed by atoms with Crippen LogP contribution in [0.4, 0.5) is 8.78 Å². The lowest BCUT2D eigenvalue weighted by Gasteiger charge is -2.19. The minimum Gasteiger partial charge on any atom is -0.507 e. The number of carbonyl (C=O) groups is 1. The van der Waals surface area contributed by atoms with Gasteiger partial charge in [0.15, 0.2) is 11.5 Å². The van der Waals surface area contributed by atoms with Gasteiger partial charge in [0, 0.05) is 13.6 Å². The van der Waals surface area contributed by atoms with Crippen LogP contribution in [-0.4, -0.2) is 36.7 Å². The molecule has 0 spiro atoms. The van der Waals surface area contributed by atoms with Crippen LogP contribution in [0.5, 0.6) is 17.2 Å². The normalized spacial score (nSPS) is 10.5. The molecule has 0 aliphatic carbocycles. The molecule has 0 heterocycles. The standard InChI is InChI=1S/C17H17F2NO4/c1-20(16(22)12-5-3-4-6-13(12)21)10-11-7-8-14(24-17(18)19)15(9-11)23-2/h3-9,17,21H,10H2,1-2H3. The van der Waals surface area contributed by atoms with Crippen LogP contribution in [0.25, 0.3) is 0 Å². The molecule has 0 aliphatic heterocycles. The summed E-state index contributed by atoms with van der Waals surface area (Å²) in [5.41, 5.74) is 0.851. The summed E-state index contributed by atoms with van der Waals surface area (Å²) in [5, 5.41) is 9.74. The quantitative estimate of drug-likeness (QED) is 0.879. The summed E-state index contributed by atoms with van der Waals surface area (Å²) in [6, 6.07) is 10.7. The fraction of sp³-hybridized carbons (Fsp3) is 0.235. The van der Waals surface area contributed by atoms with Gasteiger partial charge in [-0.05, 0) is 29.8 Å². The molecule has 0 saturated carbocycles. The van der Waals surface area contributed by atoms with Crippen LogP contribution in [0.15, 0.2) is 42.5 Å². The Hall–Kier alpha value is -2.83. The van der Waals surface area contributed by atoms with Crippen molar-refractivity contribution in [1.29, 1.82) is 0 Å². The molecule has 128 valence electrons. The monoisotopic (exact) mass is 337 g/mol. The number of para-hydroxylation sites is 1. The first kappa shape index (κ1) is 17.5. The van der Waals surface area contributed by atoms with Crippen LogP contribution < -0.4 is 9.47 Å². The molecule has 24 heavy (non-hydrogen) atoms. The zero-order valence-electron chi connectivity index (χ0n) is 13.2. The summed E-state index contributed by atoms with van der Waals surface area (Å²) >= 11 is 0. The highest BCUT2D eigenvalue weighted by Crippen LogP contribution is 2.30. The Kier molecular flexibility index (Phi) is 5.57. The van der Waals surface area contributed by atoms with Crippen molar-refractivity contribution in [3.63, 3.8) is 0 Å². The Bertz CT molecular complexity index is 721. The van der Waals surface area contributed by atoms with Gasteiger partial charge in [-0.15, -0.1) is 0 Å². The number of alkyl halides is 2. The van der Waals surface area contributed by atoms with E-state index in [1.165, 1.54) is 36.3 Å². The number of hydrogen-bond donors (Lipinski definition) is 1. The Morgan fingerprint density at radius 3 is 2.54 bits per heavy atom. The summed E-state index contributed by atoms with van der Waals surface area (Å²) in [4.78, 5) is 13.7. The molecule has 1 amide bonds. The Morgan fingerprint density at radius 1 is 1.21 bits per heavy atom. The maximum atomic E-state index is 12.3. The smallest absolute Gasteiger partial charge is 0.387 e. The average Bonchev–Trinajstić information content (AvgIpc) is 2.55. The first-order valence-corrected chi connectivity index (χ1v) is 7.07. The lowest BCUT2D eigenvalue weighted by atomic mass is 10.1. The van der Waals surface area contributed by atoms with Gasteiger partial charge in [-0.25, -0.2) is 0 Å². The van der Waals surface area contributed by atoms with Gasteiger partial charge in [0.2, 0.25) is 0 Å². The van der Waals surface area contributed by atoms with Gasteiger partial charge in [0.05, 0.1) is 12.7 Å². The second-order valence-corrected chi connectivity index (χ2v) is 5.04. The van der Waals surface area contributed by atoms with E-state index in [0.717, 1.165) is 0 Å². The molecule has 0 radical (unpaired) electrons. The maximum Gasteiger partial charge on any atom is 0.387 e. The number of hydrogen-bond acceptors (Lipinski definition) is 4. The molecular weight excluding hydrogens is 320 g/mol. The van der Waals surface area contributed by atoms with Crippen molar-refractivity contribution < 1.29 is 28.2 Å². The summed E-state index contributed by atoms with van der Waals surface area (Å²) < 4.78 is 34.0. The molecule has 0 unspecified atom stereocenters. The van der Waals surface area contributed by atoms with E-state index in [1.54, 1.807) is 25.2 Å². The topological polar surface area (TPSA) is 59.0 Å². The number of benzene rings is 2. The maximum absolute atomic E-state index is 12.3. The third-order valence-corrected chi connectivity index (χ3v) is 3.34. The summed E-state index contributed by atoms with van der Waals surface area (Å²) in [6.45, 7) is -2.74. The summed E-state index contributed by atoms with van der Waals surface area (Å²) in [5.74, 6) is -0.394. The van der Waals surface area contributed by atoms with E-state index in [0.29, 0.717) is 5.56 Å². The van der Waals surface area contributed by atoms with Gasteiger partial charge in [-0.2, -0.15) is 8.78 Å². The van der Waals surface area contributed by atoms with Crippen LogP contribution in [0.3, 0.4) is 0 Å². The minimum atomic E-state index is -2.95. The predicted octanol–water partition coefficient (Wildman–Crippen LogP) is 3.27. The molecule has 0 aliphatic rings. The summed E-state index contributed by atoms with van der Waals surface area (Å²) in [7, 11) is 2.92. The Balaban J connectivity index is 2.15. The molecule has 0 fully saturated rings. The molecule has 0 atom stereocenters. The van der Waals surface area contributed by atoms with Crippen LogP contribution >= 0.6 is 0 Å². The number of phenolic OH excluding ortho intramolecular Hbond substituents is 1. The van der Waals surface area contributed by atoms with Crippen molar-refractivity contribution in [2.75, 3.05) is 14.2 Å². The minimum absolute atomic E-state index is 0.0778. The zero-order valence-corrected chi connectivity index (χ0v) is 13.2. The van der Waals surface area contributed by atoms with Crippen LogP contribution in [0.2, 0.25) is 0 Å². The van der Waals surface area contributed by atoms with E-state index < -0.39 is 6.61 Å². The number of aromatic hydroxyl groups is 1. The molecular formula is C17H17F2NO4. The highest BCUT2D eigenvalue weighted by Gasteiger charge is 2.17. The first-order chi connectivity index (χ1) is 11.4. The van der Waals surface area contributed by atoms with Crippen LogP contribution in [-0.2, 0) is 6.54 Å². The third-order valence-electron chi connectivity index (χ3n) is 3.34. The number of ether oxygens (including phenoxy) is 2. The molecule has 0 aromatic heterocycles. The number of amides is 1. The number of nitrogens with zero attached hydrogens (tertiary/aromatic N) is 1. The zero-order chi connectivity index (χ0) is 17.7. The van der Waals surface area contributed by atoms with E-state index >= 15 is 0 Å². The van der Waals surface area contributed by atoms with Gasteiger partial charge in [0.25, 0.3) is 5.91 Å². The van der Waals surface area contributed by atoms with Crippen molar-refractivity contribution in [2.45, 2.75) is 13.2 Å². The molecule has 2 aromatic carbocycles. The molecule has 5 nitrogen and oxygen atoms in total. The SMILES string of the molecule is COc1cc(CN(C)C(=O)c2ccccc2O)ccc1OC(F)F. The van der Waals surface area contributed by atoms with Gasteiger partial charge in [-0.1, -0.05) is 18.2 Å². The van der Waals surface area contributed by atoms with Crippen molar-refractivity contribution in [1.82, 2.24) is 4.90 Å². The number of carbonyl (C=O) groups excluding carboxylic acids is 1. The molecule has 0 bridgehead atoms. The van der Waals surface area contributed by atoms with E-state index in [1.807, 2.05) is 0 Å². The van der Waals surface area contributed by atoms with Crippen molar-refractivity contribution in [2.24, 2.45) is 0 Å². The number of methoxy groups -OCH3 is 1. The lowest BCUT2D eigenvalue weighted by Crippen LogP contribution is -2.26. The molecule has 7 heteroatoms. The fourth-order valence-corrected chi connectivity index (χ4v) is 2.21. The predicted molar refractivity (Wildman–Crippen MR) is 83.5 cm³/mol. The highest BCUT2D eigenvalue weighted by atomic mass is 19.3. The van der Waals surface area contributed by atoms with E-state index in [-0.39, 0.29) is 35.3 Å². The molecule has 0 saturated heterocycles. The number of halogens is 2. The van der Waals surface area contributed by atoms with Crippen molar-refractivity contribution in [3.05, 3.63) is 53.6 Å². The first-order valence-electron chi connectivity index (χ1n) is 7.07. The van der Waals surface area contributed by atoms with E-state index in [4.69, 9.17) is 4.74 Å². The van der Waals surface area contributed by atoms with Gasteiger partial charge >= 0.3 is 6.61 Å². The fourth-order valence-electron chi connectivity index (χ4n) is 2.21. The number of rotatable bonds is 6. The van der Waals surface area contributed by atoms with Crippen LogP contribution in [0.1, 0.15) is 15.9 Å². The van der Waals surface area contributed by atoms with Crippen molar-refractivity contribution >= 4 is 5.91 Å². The second-order valence-electron chi connectivity index (χ2n) is 5.04. The van der Waals surface area contributed by atoms with E-state index in [2.05, 4.69) is 4.74 Å². The Labute approximate surface area is 138 Å².